The summed E-state index contributed by atoms with van der Waals surface area (Å²) in [7, 11) is 0. The second-order valence-electron chi connectivity index (χ2n) is 10.5. The van der Waals surface area contributed by atoms with Gasteiger partial charge < -0.3 is 4.74 Å². The molecule has 2 aliphatic rings. The normalized spacial score (nSPS) is 21.2. The second-order valence-corrected chi connectivity index (χ2v) is 10.5. The molecule has 9 heteroatoms. The molecule has 1 saturated heterocycles. The van der Waals surface area contributed by atoms with Crippen molar-refractivity contribution in [1.29, 1.82) is 0 Å². The summed E-state index contributed by atoms with van der Waals surface area (Å²) in [6.45, 7) is 8.63. The van der Waals surface area contributed by atoms with Crippen molar-refractivity contribution >= 4 is 10.9 Å². The van der Waals surface area contributed by atoms with Crippen LogP contribution in [-0.2, 0) is 6.42 Å². The highest BCUT2D eigenvalue weighted by Gasteiger charge is 2.38. The van der Waals surface area contributed by atoms with Crippen LogP contribution in [0, 0.1) is 29.4 Å². The average Bonchev–Trinajstić information content (AvgIpc) is 3.17. The maximum atomic E-state index is 15.6. The predicted molar refractivity (Wildman–Crippen MR) is 130 cm³/mol. The molecule has 1 aromatic heterocycles. The highest BCUT2D eigenvalue weighted by atomic mass is 19.1. The number of hydrogen-bond donors (Lipinski definition) is 1. The van der Waals surface area contributed by atoms with Gasteiger partial charge in [0.25, 0.3) is 0 Å². The molecule has 2 aliphatic heterocycles. The number of rotatable bonds is 8. The first-order chi connectivity index (χ1) is 17.3. The number of nitrogens with one attached hydrogen (secondary N) is 1. The number of nitrogens with zero attached hydrogens (tertiary/aromatic N) is 3. The summed E-state index contributed by atoms with van der Waals surface area (Å²) in [4.78, 5) is 4.15. The van der Waals surface area contributed by atoms with E-state index in [0.29, 0.717) is 49.1 Å². The molecular formula is C27H32F4N4O. The van der Waals surface area contributed by atoms with E-state index in [1.165, 1.54) is 12.1 Å². The highest BCUT2D eigenvalue weighted by Crippen LogP contribution is 2.43. The third-order valence-corrected chi connectivity index (χ3v) is 7.35. The quantitative estimate of drug-likeness (QED) is 0.426. The number of aromatic nitrogens is 2. The van der Waals surface area contributed by atoms with E-state index in [0.717, 1.165) is 5.56 Å². The van der Waals surface area contributed by atoms with Gasteiger partial charge in [-0.05, 0) is 36.5 Å². The van der Waals surface area contributed by atoms with Crippen LogP contribution in [0.15, 0.2) is 24.3 Å². The van der Waals surface area contributed by atoms with Crippen molar-refractivity contribution in [3.8, 4) is 5.75 Å². The zero-order valence-corrected chi connectivity index (χ0v) is 20.8. The molecule has 2 aromatic carbocycles. The zero-order chi connectivity index (χ0) is 25.6. The number of H-pyrrole nitrogens is 1. The Morgan fingerprint density at radius 1 is 1.14 bits per heavy atom. The first kappa shape index (κ1) is 25.0. The topological polar surface area (TPSA) is 44.4 Å². The van der Waals surface area contributed by atoms with Gasteiger partial charge in [-0.15, -0.1) is 5.10 Å². The minimum absolute atomic E-state index is 0.0624. The maximum Gasteiger partial charge on any atom is 0.240 e. The lowest BCUT2D eigenvalue weighted by molar-refractivity contribution is 0.0667. The van der Waals surface area contributed by atoms with Crippen LogP contribution in [0.3, 0.4) is 0 Å². The molecule has 3 heterocycles. The number of aromatic amines is 1. The summed E-state index contributed by atoms with van der Waals surface area (Å²) < 4.78 is 64.1. The SMILES string of the molecule is CC(C)CN1[C@H](c2c(F)cc(OCCN3CC(CF)C3)cc2F)c2ccc3[nH]nc(F)c3c2C[C@H]1C. The first-order valence-corrected chi connectivity index (χ1v) is 12.6. The largest absolute Gasteiger partial charge is 0.492 e. The first-order valence-electron chi connectivity index (χ1n) is 12.6. The van der Waals surface area contributed by atoms with Crippen LogP contribution in [0.2, 0.25) is 0 Å². The van der Waals surface area contributed by atoms with E-state index in [9.17, 15) is 8.78 Å². The van der Waals surface area contributed by atoms with Crippen molar-refractivity contribution in [2.24, 2.45) is 11.8 Å². The van der Waals surface area contributed by atoms with Gasteiger partial charge in [-0.2, -0.15) is 4.39 Å². The molecule has 1 fully saturated rings. The van der Waals surface area contributed by atoms with Crippen LogP contribution in [0.1, 0.15) is 43.5 Å². The molecule has 0 bridgehead atoms. The molecule has 3 aromatic rings. The number of hydrogen-bond acceptors (Lipinski definition) is 4. The lowest BCUT2D eigenvalue weighted by Gasteiger charge is -2.43. The molecule has 5 rings (SSSR count). The Bertz CT molecular complexity index is 1220. The van der Waals surface area contributed by atoms with Crippen molar-refractivity contribution in [1.82, 2.24) is 20.0 Å². The van der Waals surface area contributed by atoms with Crippen molar-refractivity contribution < 1.29 is 22.3 Å². The third kappa shape index (κ3) is 4.59. The number of ether oxygens (including phenoxy) is 1. The van der Waals surface area contributed by atoms with Crippen molar-refractivity contribution in [3.05, 3.63) is 58.5 Å². The molecule has 0 amide bonds. The van der Waals surface area contributed by atoms with E-state index in [-0.39, 0.29) is 42.5 Å². The number of fused-ring (bicyclic) bond motifs is 3. The number of alkyl halides is 1. The van der Waals surface area contributed by atoms with Gasteiger partial charge >= 0.3 is 0 Å². The van der Waals surface area contributed by atoms with Gasteiger partial charge in [0.15, 0.2) is 0 Å². The molecule has 1 N–H and O–H groups in total. The molecule has 5 nitrogen and oxygen atoms in total. The summed E-state index contributed by atoms with van der Waals surface area (Å²) >= 11 is 0. The van der Waals surface area contributed by atoms with Gasteiger partial charge in [0, 0.05) is 55.8 Å². The minimum Gasteiger partial charge on any atom is -0.492 e. The van der Waals surface area contributed by atoms with Gasteiger partial charge in [-0.3, -0.25) is 19.3 Å². The standard InChI is InChI=1S/C27H32F4N4O/c1-15(2)12-35-16(3)8-20-19(4-5-23-24(20)27(31)33-32-23)26(35)25-21(29)9-18(10-22(25)30)36-7-6-34-13-17(11-28)14-34/h4-5,9-10,15-17,26H,6-8,11-14H2,1-3H3,(H,32,33)/t16-,26+/m1/s1. The van der Waals surface area contributed by atoms with Crippen LogP contribution in [0.25, 0.3) is 10.9 Å². The second kappa shape index (κ2) is 10.0. The fourth-order valence-electron chi connectivity index (χ4n) is 5.66. The lowest BCUT2D eigenvalue weighted by Crippen LogP contribution is -2.49. The Labute approximate surface area is 208 Å². The number of benzene rings is 2. The summed E-state index contributed by atoms with van der Waals surface area (Å²) in [6.07, 6.45) is 0.552. The Hall–Kier alpha value is -2.65. The van der Waals surface area contributed by atoms with E-state index < -0.39 is 23.6 Å². The van der Waals surface area contributed by atoms with Gasteiger partial charge in [0.2, 0.25) is 5.95 Å². The zero-order valence-electron chi connectivity index (χ0n) is 20.8. The van der Waals surface area contributed by atoms with Gasteiger partial charge in [0.1, 0.15) is 24.0 Å². The Morgan fingerprint density at radius 2 is 1.86 bits per heavy atom. The monoisotopic (exact) mass is 504 g/mol. The predicted octanol–water partition coefficient (Wildman–Crippen LogP) is 5.25. The van der Waals surface area contributed by atoms with Gasteiger partial charge in [-0.25, -0.2) is 8.78 Å². The fourth-order valence-corrected chi connectivity index (χ4v) is 5.66. The molecular weight excluding hydrogens is 472 g/mol. The molecule has 0 aliphatic carbocycles. The molecule has 36 heavy (non-hydrogen) atoms. The van der Waals surface area contributed by atoms with E-state index in [4.69, 9.17) is 4.74 Å². The van der Waals surface area contributed by atoms with Gasteiger partial charge in [0.05, 0.1) is 23.6 Å². The molecule has 0 spiro atoms. The molecule has 0 unspecified atom stereocenters. The van der Waals surface area contributed by atoms with Crippen molar-refractivity contribution in [2.75, 3.05) is 39.5 Å². The number of halogens is 4. The van der Waals surface area contributed by atoms with Crippen molar-refractivity contribution in [3.63, 3.8) is 0 Å². The number of likely N-dealkylation sites (tertiary alicyclic amines) is 1. The summed E-state index contributed by atoms with van der Waals surface area (Å²) in [5.41, 5.74) is 1.93. The Morgan fingerprint density at radius 3 is 2.53 bits per heavy atom. The summed E-state index contributed by atoms with van der Waals surface area (Å²) in [5.74, 6) is -1.54. The van der Waals surface area contributed by atoms with Crippen LogP contribution < -0.4 is 4.74 Å². The van der Waals surface area contributed by atoms with Crippen LogP contribution in [0.5, 0.6) is 5.75 Å². The molecule has 0 radical (unpaired) electrons. The Balaban J connectivity index is 1.47. The van der Waals surface area contributed by atoms with E-state index in [2.05, 4.69) is 28.9 Å². The minimum atomic E-state index is -0.711. The molecule has 0 saturated carbocycles. The molecule has 2 atom stereocenters. The van der Waals surface area contributed by atoms with Crippen molar-refractivity contribution in [2.45, 2.75) is 39.3 Å². The van der Waals surface area contributed by atoms with Crippen LogP contribution in [-0.4, -0.2) is 65.5 Å². The smallest absolute Gasteiger partial charge is 0.240 e. The van der Waals surface area contributed by atoms with E-state index in [1.807, 2.05) is 17.9 Å². The van der Waals surface area contributed by atoms with Crippen LogP contribution in [0.4, 0.5) is 17.6 Å². The summed E-state index contributed by atoms with van der Waals surface area (Å²) in [6, 6.07) is 5.21. The lowest BCUT2D eigenvalue weighted by atomic mass is 9.82. The van der Waals surface area contributed by atoms with E-state index in [1.54, 1.807) is 6.07 Å². The van der Waals surface area contributed by atoms with E-state index >= 15 is 8.78 Å². The van der Waals surface area contributed by atoms with Crippen LogP contribution >= 0.6 is 0 Å². The molecule has 194 valence electrons. The fraction of sp³-hybridized carbons (Fsp3) is 0.519. The summed E-state index contributed by atoms with van der Waals surface area (Å²) in [5, 5.41) is 6.79. The Kier molecular flexibility index (Phi) is 6.96. The highest BCUT2D eigenvalue weighted by molar-refractivity contribution is 5.84. The average molecular weight is 505 g/mol. The third-order valence-electron chi connectivity index (χ3n) is 7.35. The van der Waals surface area contributed by atoms with Gasteiger partial charge in [-0.1, -0.05) is 19.9 Å². The maximum absolute atomic E-state index is 15.6.